The number of halogens is 3. The molecule has 2 aromatic rings. The summed E-state index contributed by atoms with van der Waals surface area (Å²) in [5.41, 5.74) is 0.939. The average molecular weight is 314 g/mol. The molecule has 0 amide bonds. The summed E-state index contributed by atoms with van der Waals surface area (Å²) in [6, 6.07) is 0. The molecule has 0 unspecified atom stereocenters. The maximum absolute atomic E-state index is 12.3. The number of hydrogen-bond acceptors (Lipinski definition) is 4. The number of alkyl halides is 3. The molecule has 0 aromatic carbocycles. The zero-order valence-corrected chi connectivity index (χ0v) is 11.9. The van der Waals surface area contributed by atoms with Crippen LogP contribution in [0.5, 0.6) is 5.75 Å². The second-order valence-electron chi connectivity index (χ2n) is 5.40. The van der Waals surface area contributed by atoms with Crippen LogP contribution < -0.4 is 10.1 Å². The first-order chi connectivity index (χ1) is 10.5. The maximum atomic E-state index is 12.3. The summed E-state index contributed by atoms with van der Waals surface area (Å²) in [7, 11) is 0. The highest BCUT2D eigenvalue weighted by atomic mass is 19.4. The van der Waals surface area contributed by atoms with Crippen molar-refractivity contribution in [2.24, 2.45) is 0 Å². The Labute approximate surface area is 125 Å². The van der Waals surface area contributed by atoms with Crippen LogP contribution in [0.2, 0.25) is 0 Å². The Bertz CT molecular complexity index is 635. The molecule has 1 aliphatic rings. The molecular weight excluding hydrogens is 297 g/mol. The molecule has 120 valence electrons. The summed E-state index contributed by atoms with van der Waals surface area (Å²) in [5, 5.41) is 6.97. The number of anilines is 1. The Kier molecular flexibility index (Phi) is 4.08. The van der Waals surface area contributed by atoms with Crippen LogP contribution in [0.25, 0.3) is 5.65 Å². The lowest BCUT2D eigenvalue weighted by Gasteiger charge is -2.17. The number of aromatic nitrogens is 3. The minimum absolute atomic E-state index is 0.0994. The van der Waals surface area contributed by atoms with Crippen molar-refractivity contribution < 1.29 is 17.9 Å². The summed E-state index contributed by atoms with van der Waals surface area (Å²) < 4.78 is 44.4. The van der Waals surface area contributed by atoms with E-state index in [1.807, 2.05) is 0 Å². The molecular formula is C14H17F3N4O. The van der Waals surface area contributed by atoms with E-state index < -0.39 is 12.6 Å². The number of nitrogens with one attached hydrogen (secondary N) is 1. The summed E-state index contributed by atoms with van der Waals surface area (Å²) in [4.78, 5) is 4.15. The Morgan fingerprint density at radius 3 is 2.82 bits per heavy atom. The highest BCUT2D eigenvalue weighted by Gasteiger charge is 2.27. The lowest BCUT2D eigenvalue weighted by Crippen LogP contribution is -2.17. The molecule has 2 aromatic heterocycles. The van der Waals surface area contributed by atoms with Crippen molar-refractivity contribution in [2.75, 3.05) is 11.9 Å². The van der Waals surface area contributed by atoms with Crippen molar-refractivity contribution in [3.63, 3.8) is 0 Å². The van der Waals surface area contributed by atoms with Crippen molar-refractivity contribution in [2.45, 2.75) is 44.4 Å². The van der Waals surface area contributed by atoms with E-state index in [0.717, 1.165) is 25.7 Å². The molecule has 0 radical (unpaired) electrons. The van der Waals surface area contributed by atoms with Crippen LogP contribution in [0.15, 0.2) is 18.6 Å². The number of hydrogen-bond donors (Lipinski definition) is 1. The van der Waals surface area contributed by atoms with Gasteiger partial charge < -0.3 is 10.1 Å². The predicted octanol–water partition coefficient (Wildman–Crippen LogP) is 3.42. The van der Waals surface area contributed by atoms with Crippen LogP contribution in [-0.4, -0.2) is 33.4 Å². The largest absolute Gasteiger partial charge is 0.486 e. The second-order valence-corrected chi connectivity index (χ2v) is 5.40. The first kappa shape index (κ1) is 14.9. The van der Waals surface area contributed by atoms with Gasteiger partial charge in [0, 0.05) is 18.9 Å². The maximum Gasteiger partial charge on any atom is 0.390 e. The molecule has 0 aliphatic heterocycles. The minimum Gasteiger partial charge on any atom is -0.486 e. The molecule has 1 saturated carbocycles. The fraction of sp³-hybridized carbons (Fsp3) is 0.571. The summed E-state index contributed by atoms with van der Waals surface area (Å²) in [6.45, 7) is -0.225. The number of nitrogens with zero attached hydrogens (tertiary/aromatic N) is 3. The molecule has 8 heteroatoms. The van der Waals surface area contributed by atoms with Gasteiger partial charge >= 0.3 is 6.18 Å². The monoisotopic (exact) mass is 314 g/mol. The normalized spacial score (nSPS) is 16.3. The Balaban J connectivity index is 1.81. The third kappa shape index (κ3) is 3.42. The van der Waals surface area contributed by atoms with Gasteiger partial charge in [0.05, 0.1) is 18.7 Å². The number of rotatable bonds is 5. The molecule has 5 nitrogen and oxygen atoms in total. The van der Waals surface area contributed by atoms with Crippen molar-refractivity contribution in [3.05, 3.63) is 18.6 Å². The van der Waals surface area contributed by atoms with Crippen LogP contribution in [0.3, 0.4) is 0 Å². The number of ether oxygens (including phenoxy) is 1. The molecule has 0 bridgehead atoms. The highest BCUT2D eigenvalue weighted by Crippen LogP contribution is 2.32. The zero-order chi connectivity index (χ0) is 15.6. The van der Waals surface area contributed by atoms with E-state index in [2.05, 4.69) is 15.4 Å². The van der Waals surface area contributed by atoms with Gasteiger partial charge in [-0.3, -0.25) is 0 Å². The van der Waals surface area contributed by atoms with Crippen LogP contribution >= 0.6 is 0 Å². The van der Waals surface area contributed by atoms with Gasteiger partial charge in [-0.2, -0.15) is 18.3 Å². The highest BCUT2D eigenvalue weighted by molar-refractivity contribution is 5.73. The van der Waals surface area contributed by atoms with Gasteiger partial charge in [0.2, 0.25) is 0 Å². The molecule has 0 atom stereocenters. The first-order valence-electron chi connectivity index (χ1n) is 7.32. The lowest BCUT2D eigenvalue weighted by atomic mass is 10.3. The molecule has 3 rings (SSSR count). The van der Waals surface area contributed by atoms with Gasteiger partial charge in [0.1, 0.15) is 5.69 Å². The Morgan fingerprint density at radius 1 is 1.32 bits per heavy atom. The van der Waals surface area contributed by atoms with E-state index in [1.165, 1.54) is 10.7 Å². The number of fused-ring (bicyclic) bond motifs is 1. The van der Waals surface area contributed by atoms with Crippen molar-refractivity contribution in [1.29, 1.82) is 0 Å². The molecule has 0 spiro atoms. The van der Waals surface area contributed by atoms with Gasteiger partial charge in [-0.05, 0) is 25.7 Å². The Morgan fingerprint density at radius 2 is 2.09 bits per heavy atom. The first-order valence-corrected chi connectivity index (χ1v) is 7.32. The molecule has 0 saturated heterocycles. The van der Waals surface area contributed by atoms with E-state index in [0.29, 0.717) is 17.1 Å². The second kappa shape index (κ2) is 6.02. The SMILES string of the molecule is FC(F)(F)CCNc1c(OC2CCCC2)cnn2ccnc12. The van der Waals surface area contributed by atoms with Gasteiger partial charge in [0.15, 0.2) is 11.4 Å². The fourth-order valence-electron chi connectivity index (χ4n) is 2.63. The zero-order valence-electron chi connectivity index (χ0n) is 11.9. The Hall–Kier alpha value is -1.99. The predicted molar refractivity (Wildman–Crippen MR) is 75.0 cm³/mol. The van der Waals surface area contributed by atoms with Crippen molar-refractivity contribution in [1.82, 2.24) is 14.6 Å². The lowest BCUT2D eigenvalue weighted by molar-refractivity contribution is -0.131. The van der Waals surface area contributed by atoms with Gasteiger partial charge in [0.25, 0.3) is 0 Å². The standard InChI is InChI=1S/C14H17F3N4O/c15-14(16,17)5-6-18-12-11(22-10-3-1-2-4-10)9-20-21-8-7-19-13(12)21/h7-10,18H,1-6H2. The minimum atomic E-state index is -4.20. The molecule has 22 heavy (non-hydrogen) atoms. The van der Waals surface area contributed by atoms with Crippen molar-refractivity contribution >= 4 is 11.3 Å². The van der Waals surface area contributed by atoms with E-state index in [1.54, 1.807) is 12.4 Å². The van der Waals surface area contributed by atoms with E-state index >= 15 is 0 Å². The van der Waals surface area contributed by atoms with E-state index in [4.69, 9.17) is 4.74 Å². The summed E-state index contributed by atoms with van der Waals surface area (Å²) in [5.74, 6) is 0.466. The summed E-state index contributed by atoms with van der Waals surface area (Å²) in [6.07, 6.45) is 3.86. The van der Waals surface area contributed by atoms with E-state index in [-0.39, 0.29) is 12.6 Å². The number of imidazole rings is 1. The topological polar surface area (TPSA) is 51.5 Å². The van der Waals surface area contributed by atoms with Gasteiger partial charge in [-0.1, -0.05) is 0 Å². The molecule has 1 fully saturated rings. The van der Waals surface area contributed by atoms with Crippen LogP contribution in [0, 0.1) is 0 Å². The van der Waals surface area contributed by atoms with Crippen LogP contribution in [-0.2, 0) is 0 Å². The van der Waals surface area contributed by atoms with Gasteiger partial charge in [-0.25, -0.2) is 9.50 Å². The smallest absolute Gasteiger partial charge is 0.390 e. The van der Waals surface area contributed by atoms with Crippen LogP contribution in [0.4, 0.5) is 18.9 Å². The molecule has 1 aliphatic carbocycles. The quantitative estimate of drug-likeness (QED) is 0.919. The van der Waals surface area contributed by atoms with Gasteiger partial charge in [-0.15, -0.1) is 0 Å². The summed E-state index contributed by atoms with van der Waals surface area (Å²) >= 11 is 0. The average Bonchev–Trinajstić information content (AvgIpc) is 3.10. The molecule has 2 heterocycles. The molecule has 1 N–H and O–H groups in total. The third-order valence-electron chi connectivity index (χ3n) is 3.70. The van der Waals surface area contributed by atoms with Crippen LogP contribution in [0.1, 0.15) is 32.1 Å². The van der Waals surface area contributed by atoms with Crippen molar-refractivity contribution in [3.8, 4) is 5.75 Å². The fourth-order valence-corrected chi connectivity index (χ4v) is 2.63. The third-order valence-corrected chi connectivity index (χ3v) is 3.70. The van der Waals surface area contributed by atoms with E-state index in [9.17, 15) is 13.2 Å².